The van der Waals surface area contributed by atoms with Gasteiger partial charge in [0.15, 0.2) is 11.4 Å². The number of carbonyl (C=O) groups excluding carboxylic acids is 1. The number of nitrogens with one attached hydrogen (secondary N) is 2. The second-order valence-electron chi connectivity index (χ2n) is 5.40. The standard InChI is InChI=1S/C17H15FN4O2.H2O/c1-11-9-13(7-8-14(11)18)22-17(24)10-21(20-22)16-6-4-3-5-15(16)19-12(2)23;/h3-10H,1-2H3,(H-,19,20,23,24);1H2. The maximum Gasteiger partial charge on any atom is 0.398 e. The topological polar surface area (TPSA) is 101 Å². The molecule has 0 aliphatic carbocycles. The summed E-state index contributed by atoms with van der Waals surface area (Å²) >= 11 is 0. The molecule has 130 valence electrons. The summed E-state index contributed by atoms with van der Waals surface area (Å²) in [5.41, 5.74) is 1.84. The van der Waals surface area contributed by atoms with E-state index < -0.39 is 0 Å². The van der Waals surface area contributed by atoms with Crippen molar-refractivity contribution in [1.82, 2.24) is 9.90 Å². The largest absolute Gasteiger partial charge is 0.870 e. The van der Waals surface area contributed by atoms with Crippen LogP contribution in [0, 0.1) is 12.7 Å². The number of H-pyrrole nitrogens is 1. The molecule has 0 aliphatic heterocycles. The number of carbonyl (C=O) groups is 1. The molecule has 2 aromatic carbocycles. The van der Waals surface area contributed by atoms with Crippen LogP contribution in [-0.2, 0) is 4.79 Å². The van der Waals surface area contributed by atoms with Crippen molar-refractivity contribution in [3.8, 4) is 11.4 Å². The third-order valence-electron chi connectivity index (χ3n) is 3.54. The Labute approximate surface area is 142 Å². The average Bonchev–Trinajstić information content (AvgIpc) is 2.92. The number of hydrogen-bond donors (Lipinski definition) is 2. The Balaban J connectivity index is 0.00000225. The lowest BCUT2D eigenvalue weighted by Crippen LogP contribution is -2.34. The predicted molar refractivity (Wildman–Crippen MR) is 88.9 cm³/mol. The summed E-state index contributed by atoms with van der Waals surface area (Å²) in [6.45, 7) is 3.05. The zero-order valence-electron chi connectivity index (χ0n) is 13.7. The molecule has 0 unspecified atom stereocenters. The van der Waals surface area contributed by atoms with Crippen molar-refractivity contribution < 1.29 is 19.3 Å². The summed E-state index contributed by atoms with van der Waals surface area (Å²) in [6.07, 6.45) is 1.36. The minimum atomic E-state index is -0.331. The van der Waals surface area contributed by atoms with Crippen molar-refractivity contribution in [2.45, 2.75) is 13.8 Å². The first kappa shape index (κ1) is 18.1. The van der Waals surface area contributed by atoms with E-state index in [1.807, 2.05) is 0 Å². The zero-order valence-corrected chi connectivity index (χ0v) is 13.7. The molecular weight excluding hydrogens is 327 g/mol. The molecule has 0 radical (unpaired) electrons. The molecule has 0 saturated carbocycles. The Morgan fingerprint density at radius 1 is 1.24 bits per heavy atom. The summed E-state index contributed by atoms with van der Waals surface area (Å²) in [7, 11) is 0. The molecule has 3 aromatic rings. The molecule has 1 aromatic heterocycles. The van der Waals surface area contributed by atoms with Gasteiger partial charge in [0, 0.05) is 6.92 Å². The van der Waals surface area contributed by atoms with Crippen LogP contribution in [0.3, 0.4) is 0 Å². The Morgan fingerprint density at radius 3 is 2.64 bits per heavy atom. The number of para-hydroxylation sites is 2. The number of benzene rings is 2. The molecule has 0 spiro atoms. The number of nitrogens with zero attached hydrogens (tertiary/aromatic N) is 2. The first-order chi connectivity index (χ1) is 11.5. The van der Waals surface area contributed by atoms with E-state index in [-0.39, 0.29) is 22.8 Å². The summed E-state index contributed by atoms with van der Waals surface area (Å²) in [4.78, 5) is 23.6. The number of rotatable bonds is 3. The summed E-state index contributed by atoms with van der Waals surface area (Å²) in [5.74, 6) is -0.541. The molecule has 7 nitrogen and oxygen atoms in total. The van der Waals surface area contributed by atoms with E-state index in [1.165, 1.54) is 34.6 Å². The van der Waals surface area contributed by atoms with Crippen LogP contribution in [0.25, 0.3) is 11.4 Å². The molecule has 0 fully saturated rings. The number of aryl methyl sites for hydroxylation is 1. The Morgan fingerprint density at radius 2 is 1.96 bits per heavy atom. The van der Waals surface area contributed by atoms with Gasteiger partial charge in [0.1, 0.15) is 5.82 Å². The molecule has 0 atom stereocenters. The summed E-state index contributed by atoms with van der Waals surface area (Å²) in [5, 5.41) is 5.64. The molecule has 0 aliphatic rings. The molecule has 3 rings (SSSR count). The van der Waals surface area contributed by atoms with E-state index in [1.54, 1.807) is 37.3 Å². The van der Waals surface area contributed by atoms with Crippen LogP contribution < -0.4 is 15.6 Å². The zero-order chi connectivity index (χ0) is 17.3. The fraction of sp³-hybridized carbons (Fsp3) is 0.118. The maximum atomic E-state index is 13.4. The molecule has 0 bridgehead atoms. The van der Waals surface area contributed by atoms with Crippen LogP contribution >= 0.6 is 0 Å². The maximum absolute atomic E-state index is 13.4. The molecule has 1 amide bonds. The van der Waals surface area contributed by atoms with Gasteiger partial charge in [0.2, 0.25) is 12.1 Å². The minimum absolute atomic E-state index is 0. The summed E-state index contributed by atoms with van der Waals surface area (Å²) < 4.78 is 16.2. The highest BCUT2D eigenvalue weighted by molar-refractivity contribution is 5.90. The van der Waals surface area contributed by atoms with E-state index >= 15 is 0 Å². The number of amides is 1. The van der Waals surface area contributed by atoms with Gasteiger partial charge in [0.25, 0.3) is 0 Å². The van der Waals surface area contributed by atoms with E-state index in [9.17, 15) is 14.0 Å². The lowest BCUT2D eigenvalue weighted by molar-refractivity contribution is -0.660. The van der Waals surface area contributed by atoms with E-state index in [0.717, 1.165) is 0 Å². The normalized spacial score (nSPS) is 10.2. The van der Waals surface area contributed by atoms with Gasteiger partial charge >= 0.3 is 5.56 Å². The van der Waals surface area contributed by atoms with Crippen molar-refractivity contribution >= 4 is 11.6 Å². The van der Waals surface area contributed by atoms with Gasteiger partial charge in [-0.1, -0.05) is 22.0 Å². The van der Waals surface area contributed by atoms with Crippen molar-refractivity contribution in [3.05, 3.63) is 70.4 Å². The average molecular weight is 344 g/mol. The first-order valence-electron chi connectivity index (χ1n) is 7.33. The first-order valence-corrected chi connectivity index (χ1v) is 7.33. The van der Waals surface area contributed by atoms with E-state index in [0.29, 0.717) is 22.6 Å². The second-order valence-corrected chi connectivity index (χ2v) is 5.40. The number of anilines is 1. The van der Waals surface area contributed by atoms with Crippen molar-refractivity contribution in [3.63, 3.8) is 0 Å². The van der Waals surface area contributed by atoms with Gasteiger partial charge in [-0.15, -0.1) is 4.68 Å². The van der Waals surface area contributed by atoms with Gasteiger partial charge in [-0.2, -0.15) is 0 Å². The van der Waals surface area contributed by atoms with Crippen LogP contribution in [0.5, 0.6) is 0 Å². The van der Waals surface area contributed by atoms with Crippen LogP contribution in [0.2, 0.25) is 0 Å². The van der Waals surface area contributed by atoms with Gasteiger partial charge in [0.05, 0.1) is 5.69 Å². The number of aromatic amines is 1. The van der Waals surface area contributed by atoms with Crippen molar-refractivity contribution in [1.29, 1.82) is 0 Å². The van der Waals surface area contributed by atoms with Crippen LogP contribution in [-0.4, -0.2) is 21.3 Å². The highest BCUT2D eigenvalue weighted by Gasteiger charge is 2.17. The fourth-order valence-electron chi connectivity index (χ4n) is 2.41. The van der Waals surface area contributed by atoms with Gasteiger partial charge in [-0.3, -0.25) is 4.79 Å². The highest BCUT2D eigenvalue weighted by atomic mass is 19.1. The van der Waals surface area contributed by atoms with Gasteiger partial charge in [-0.05, 0) is 42.8 Å². The molecule has 1 heterocycles. The monoisotopic (exact) mass is 344 g/mol. The lowest BCUT2D eigenvalue weighted by Gasteiger charge is -2.05. The van der Waals surface area contributed by atoms with Crippen LogP contribution in [0.15, 0.2) is 53.5 Å². The third kappa shape index (κ3) is 3.64. The molecule has 8 heteroatoms. The Kier molecular flexibility index (Phi) is 5.14. The van der Waals surface area contributed by atoms with Crippen molar-refractivity contribution in [2.75, 3.05) is 5.32 Å². The molecule has 25 heavy (non-hydrogen) atoms. The molecular formula is C17H17FN4O3. The Bertz CT molecular complexity index is 978. The molecule has 0 saturated heterocycles. The second kappa shape index (κ2) is 7.10. The van der Waals surface area contributed by atoms with E-state index in [4.69, 9.17) is 0 Å². The lowest BCUT2D eigenvalue weighted by atomic mass is 10.2. The number of halogens is 1. The summed E-state index contributed by atoms with van der Waals surface area (Å²) in [6, 6.07) is 11.5. The van der Waals surface area contributed by atoms with E-state index in [2.05, 4.69) is 10.5 Å². The highest BCUT2D eigenvalue weighted by Crippen LogP contribution is 2.14. The van der Waals surface area contributed by atoms with Crippen LogP contribution in [0.1, 0.15) is 12.5 Å². The van der Waals surface area contributed by atoms with Gasteiger partial charge in [-0.25, -0.2) is 9.18 Å². The fourth-order valence-corrected chi connectivity index (χ4v) is 2.41. The SMILES string of the molecule is CC(=O)Nc1ccccc1-[n+]1cc(=O)n(-c2ccc(F)c(C)c2)[nH]1.[OH-]. The third-order valence-corrected chi connectivity index (χ3v) is 3.54. The van der Waals surface area contributed by atoms with Crippen LogP contribution in [0.4, 0.5) is 10.1 Å². The quantitative estimate of drug-likeness (QED) is 0.707. The van der Waals surface area contributed by atoms with Gasteiger partial charge < -0.3 is 10.8 Å². The predicted octanol–water partition coefficient (Wildman–Crippen LogP) is 1.67. The number of hydrogen-bond acceptors (Lipinski definition) is 3. The smallest absolute Gasteiger partial charge is 0.398 e. The minimum Gasteiger partial charge on any atom is -0.870 e. The van der Waals surface area contributed by atoms with Crippen molar-refractivity contribution in [2.24, 2.45) is 0 Å². The Hall–Kier alpha value is -3.26. The number of aromatic nitrogens is 3. The molecule has 3 N–H and O–H groups in total.